The van der Waals surface area contributed by atoms with Gasteiger partial charge in [0.2, 0.25) is 0 Å². The number of hydrogen-bond donors (Lipinski definition) is 0. The Bertz CT molecular complexity index is 971. The Morgan fingerprint density at radius 2 is 1.83 bits per heavy atom. The molecule has 3 aromatic rings. The van der Waals surface area contributed by atoms with E-state index in [4.69, 9.17) is 20.8 Å². The Morgan fingerprint density at radius 1 is 1.12 bits per heavy atom. The van der Waals surface area contributed by atoms with Gasteiger partial charge < -0.3 is 9.15 Å². The lowest BCUT2D eigenvalue weighted by atomic mass is 10.1. The zero-order valence-electron chi connectivity index (χ0n) is 13.3. The molecule has 0 saturated carbocycles. The second-order valence-electron chi connectivity index (χ2n) is 5.60. The standard InChI is InChI=1S/C19H15ClO4/c1-11-7-16(19-12(2)9-18(22)24-17(19)8-11)23-10-15(21)13-3-5-14(20)6-4-13/h3-9H,10H2,1-2H3. The first-order valence-corrected chi connectivity index (χ1v) is 7.78. The Morgan fingerprint density at radius 3 is 2.54 bits per heavy atom. The van der Waals surface area contributed by atoms with Gasteiger partial charge in [0.25, 0.3) is 0 Å². The van der Waals surface area contributed by atoms with E-state index in [0.29, 0.717) is 27.3 Å². The summed E-state index contributed by atoms with van der Waals surface area (Å²) in [5.74, 6) is 0.366. The Balaban J connectivity index is 1.91. The van der Waals surface area contributed by atoms with Gasteiger partial charge in [-0.1, -0.05) is 11.6 Å². The number of hydrogen-bond acceptors (Lipinski definition) is 4. The predicted octanol–water partition coefficient (Wildman–Crippen LogP) is 4.32. The number of carbonyl (C=O) groups is 1. The number of fused-ring (bicyclic) bond motifs is 1. The second-order valence-corrected chi connectivity index (χ2v) is 6.04. The van der Waals surface area contributed by atoms with Crippen LogP contribution in [0.4, 0.5) is 0 Å². The van der Waals surface area contributed by atoms with E-state index in [1.165, 1.54) is 6.07 Å². The average molecular weight is 343 g/mol. The Hall–Kier alpha value is -2.59. The Kier molecular flexibility index (Phi) is 4.40. The lowest BCUT2D eigenvalue weighted by Gasteiger charge is -2.11. The van der Waals surface area contributed by atoms with Crippen molar-refractivity contribution in [3.8, 4) is 5.75 Å². The molecule has 0 amide bonds. The average Bonchev–Trinajstić information content (AvgIpc) is 2.52. The first kappa shape index (κ1) is 16.3. The minimum atomic E-state index is -0.409. The van der Waals surface area contributed by atoms with Crippen LogP contribution in [0.3, 0.4) is 0 Å². The molecule has 3 rings (SSSR count). The number of halogens is 1. The molecular formula is C19H15ClO4. The minimum Gasteiger partial charge on any atom is -0.485 e. The van der Waals surface area contributed by atoms with Crippen LogP contribution in [0.2, 0.25) is 5.02 Å². The van der Waals surface area contributed by atoms with Crippen molar-refractivity contribution >= 4 is 28.4 Å². The number of rotatable bonds is 4. The first-order chi connectivity index (χ1) is 11.4. The molecular weight excluding hydrogens is 328 g/mol. The molecule has 0 atom stereocenters. The van der Waals surface area contributed by atoms with Gasteiger partial charge in [0.15, 0.2) is 12.4 Å². The lowest BCUT2D eigenvalue weighted by Crippen LogP contribution is -2.12. The quantitative estimate of drug-likeness (QED) is 0.523. The van der Waals surface area contributed by atoms with E-state index in [1.54, 1.807) is 30.3 Å². The maximum absolute atomic E-state index is 12.2. The van der Waals surface area contributed by atoms with Crippen LogP contribution in [0, 0.1) is 13.8 Å². The molecule has 2 aromatic carbocycles. The van der Waals surface area contributed by atoms with E-state index in [2.05, 4.69) is 0 Å². The third-order valence-corrected chi connectivity index (χ3v) is 3.93. The zero-order valence-corrected chi connectivity index (χ0v) is 14.0. The summed E-state index contributed by atoms with van der Waals surface area (Å²) in [4.78, 5) is 23.8. The van der Waals surface area contributed by atoms with Crippen molar-refractivity contribution in [2.24, 2.45) is 0 Å². The number of carbonyl (C=O) groups excluding carboxylic acids is 1. The molecule has 1 heterocycles. The molecule has 4 nitrogen and oxygen atoms in total. The first-order valence-electron chi connectivity index (χ1n) is 7.41. The maximum atomic E-state index is 12.2. The molecule has 0 saturated heterocycles. The molecule has 0 aliphatic carbocycles. The highest BCUT2D eigenvalue weighted by molar-refractivity contribution is 6.30. The summed E-state index contributed by atoms with van der Waals surface area (Å²) < 4.78 is 11.0. The molecule has 0 fully saturated rings. The zero-order chi connectivity index (χ0) is 17.3. The van der Waals surface area contributed by atoms with Crippen LogP contribution < -0.4 is 10.4 Å². The van der Waals surface area contributed by atoms with Gasteiger partial charge in [0.05, 0.1) is 5.39 Å². The number of aryl methyl sites for hydroxylation is 2. The van der Waals surface area contributed by atoms with E-state index in [9.17, 15) is 9.59 Å². The molecule has 0 bridgehead atoms. The van der Waals surface area contributed by atoms with E-state index in [-0.39, 0.29) is 12.4 Å². The summed E-state index contributed by atoms with van der Waals surface area (Å²) in [6, 6.07) is 11.7. The number of ketones is 1. The summed E-state index contributed by atoms with van der Waals surface area (Å²) in [5, 5.41) is 1.27. The van der Waals surface area contributed by atoms with Crippen LogP contribution in [0.15, 0.2) is 51.7 Å². The second kappa shape index (κ2) is 6.49. The topological polar surface area (TPSA) is 56.5 Å². The highest BCUT2D eigenvalue weighted by atomic mass is 35.5. The normalized spacial score (nSPS) is 10.8. The van der Waals surface area contributed by atoms with Crippen molar-refractivity contribution in [1.29, 1.82) is 0 Å². The van der Waals surface area contributed by atoms with E-state index in [0.717, 1.165) is 11.1 Å². The van der Waals surface area contributed by atoms with E-state index >= 15 is 0 Å². The summed E-state index contributed by atoms with van der Waals surface area (Å²) in [5.41, 5.74) is 2.20. The fourth-order valence-corrected chi connectivity index (χ4v) is 2.68. The molecule has 0 spiro atoms. The maximum Gasteiger partial charge on any atom is 0.336 e. The fourth-order valence-electron chi connectivity index (χ4n) is 2.55. The van der Waals surface area contributed by atoms with Crippen LogP contribution in [0.1, 0.15) is 21.5 Å². The smallest absolute Gasteiger partial charge is 0.336 e. The highest BCUT2D eigenvalue weighted by Gasteiger charge is 2.13. The molecule has 1 aromatic heterocycles. The minimum absolute atomic E-state index is 0.112. The lowest BCUT2D eigenvalue weighted by molar-refractivity contribution is 0.0922. The Labute approximate surface area is 143 Å². The van der Waals surface area contributed by atoms with E-state index in [1.807, 2.05) is 19.9 Å². The van der Waals surface area contributed by atoms with Crippen molar-refractivity contribution in [2.75, 3.05) is 6.61 Å². The largest absolute Gasteiger partial charge is 0.485 e. The molecule has 0 N–H and O–H groups in total. The van der Waals surface area contributed by atoms with Gasteiger partial charge in [-0.25, -0.2) is 4.79 Å². The summed E-state index contributed by atoms with van der Waals surface area (Å²) in [6.07, 6.45) is 0. The SMILES string of the molecule is Cc1cc(OCC(=O)c2ccc(Cl)cc2)c2c(C)cc(=O)oc2c1. The van der Waals surface area contributed by atoms with Crippen LogP contribution in [-0.4, -0.2) is 12.4 Å². The third-order valence-electron chi connectivity index (χ3n) is 3.67. The number of benzene rings is 2. The van der Waals surface area contributed by atoms with Gasteiger partial charge in [-0.15, -0.1) is 0 Å². The van der Waals surface area contributed by atoms with Crippen molar-refractivity contribution in [2.45, 2.75) is 13.8 Å². The van der Waals surface area contributed by atoms with Crippen LogP contribution in [0.5, 0.6) is 5.75 Å². The van der Waals surface area contributed by atoms with Crippen molar-refractivity contribution in [3.63, 3.8) is 0 Å². The van der Waals surface area contributed by atoms with Crippen molar-refractivity contribution < 1.29 is 13.9 Å². The fraction of sp³-hybridized carbons (Fsp3) is 0.158. The third kappa shape index (κ3) is 3.34. The van der Waals surface area contributed by atoms with Gasteiger partial charge in [-0.05, 0) is 61.4 Å². The van der Waals surface area contributed by atoms with E-state index < -0.39 is 5.63 Å². The molecule has 0 aliphatic rings. The monoisotopic (exact) mass is 342 g/mol. The van der Waals surface area contributed by atoms with Gasteiger partial charge >= 0.3 is 5.63 Å². The number of ether oxygens (including phenoxy) is 1. The van der Waals surface area contributed by atoms with Crippen molar-refractivity contribution in [3.05, 3.63) is 74.6 Å². The number of Topliss-reactive ketones (excluding diaryl/α,β-unsaturated/α-hetero) is 1. The molecule has 0 radical (unpaired) electrons. The highest BCUT2D eigenvalue weighted by Crippen LogP contribution is 2.29. The molecule has 5 heteroatoms. The summed E-state index contributed by atoms with van der Waals surface area (Å²) in [6.45, 7) is 3.57. The summed E-state index contributed by atoms with van der Waals surface area (Å²) in [7, 11) is 0. The van der Waals surface area contributed by atoms with Gasteiger partial charge in [-0.3, -0.25) is 4.79 Å². The predicted molar refractivity (Wildman–Crippen MR) is 93.2 cm³/mol. The van der Waals surface area contributed by atoms with Gasteiger partial charge in [0.1, 0.15) is 11.3 Å². The van der Waals surface area contributed by atoms with Crippen LogP contribution in [0.25, 0.3) is 11.0 Å². The molecule has 122 valence electrons. The molecule has 0 aliphatic heterocycles. The molecule has 24 heavy (non-hydrogen) atoms. The van der Waals surface area contributed by atoms with Crippen LogP contribution >= 0.6 is 11.6 Å². The van der Waals surface area contributed by atoms with Crippen molar-refractivity contribution in [1.82, 2.24) is 0 Å². The summed E-state index contributed by atoms with van der Waals surface area (Å²) >= 11 is 5.82. The molecule has 0 unspecified atom stereocenters. The van der Waals surface area contributed by atoms with Gasteiger partial charge in [-0.2, -0.15) is 0 Å². The van der Waals surface area contributed by atoms with Crippen LogP contribution in [-0.2, 0) is 0 Å². The van der Waals surface area contributed by atoms with Gasteiger partial charge in [0, 0.05) is 16.7 Å².